The van der Waals surface area contributed by atoms with Gasteiger partial charge in [0.2, 0.25) is 5.76 Å². The van der Waals surface area contributed by atoms with Gasteiger partial charge in [0, 0.05) is 12.1 Å². The van der Waals surface area contributed by atoms with Gasteiger partial charge in [-0.25, -0.2) is 4.79 Å². The second kappa shape index (κ2) is 4.56. The minimum atomic E-state index is -1.08. The molecule has 0 saturated heterocycles. The number of anilines is 1. The summed E-state index contributed by atoms with van der Waals surface area (Å²) in [5, 5.41) is 8.70. The van der Waals surface area contributed by atoms with Crippen molar-refractivity contribution in [3.8, 4) is 12.3 Å². The van der Waals surface area contributed by atoms with Gasteiger partial charge in [-0.1, -0.05) is 5.92 Å². The maximum atomic E-state index is 10.6. The van der Waals surface area contributed by atoms with E-state index < -0.39 is 5.97 Å². The van der Waals surface area contributed by atoms with Crippen LogP contribution in [0, 0.1) is 12.3 Å². The van der Waals surface area contributed by atoms with Crippen molar-refractivity contribution in [2.24, 2.45) is 0 Å². The van der Waals surface area contributed by atoms with E-state index in [4.69, 9.17) is 15.9 Å². The van der Waals surface area contributed by atoms with Crippen molar-refractivity contribution < 1.29 is 14.3 Å². The monoisotopic (exact) mass is 207 g/mol. The van der Waals surface area contributed by atoms with E-state index in [0.717, 1.165) is 0 Å². The van der Waals surface area contributed by atoms with Crippen molar-refractivity contribution in [2.75, 3.05) is 11.4 Å². The molecular weight excluding hydrogens is 194 g/mol. The quantitative estimate of drug-likeness (QED) is 0.765. The molecule has 0 aliphatic heterocycles. The summed E-state index contributed by atoms with van der Waals surface area (Å²) in [6.07, 6.45) is 5.22. The van der Waals surface area contributed by atoms with Crippen LogP contribution in [0.25, 0.3) is 0 Å². The molecule has 1 rings (SSSR count). The molecule has 1 heterocycles. The smallest absolute Gasteiger partial charge is 0.371 e. The summed E-state index contributed by atoms with van der Waals surface area (Å²) in [4.78, 5) is 12.4. The third-order valence-electron chi connectivity index (χ3n) is 1.97. The summed E-state index contributed by atoms with van der Waals surface area (Å²) in [7, 11) is 0. The fourth-order valence-electron chi connectivity index (χ4n) is 1.21. The Labute approximate surface area is 88.5 Å². The first-order chi connectivity index (χ1) is 7.06. The molecule has 1 aromatic rings. The zero-order chi connectivity index (χ0) is 11.4. The predicted octanol–water partition coefficient (Wildman–Crippen LogP) is 1.83. The standard InChI is InChI=1S/C11H13NO3/c1-4-7-12(8(2)3)10-6-5-9(15-10)11(13)14/h1,5-6,8H,7H2,2-3H3,(H,13,14). The summed E-state index contributed by atoms with van der Waals surface area (Å²) in [6, 6.07) is 3.19. The summed E-state index contributed by atoms with van der Waals surface area (Å²) in [6.45, 7) is 4.31. The average Bonchev–Trinajstić information content (AvgIpc) is 2.62. The van der Waals surface area contributed by atoms with Crippen LogP contribution in [0.1, 0.15) is 24.4 Å². The van der Waals surface area contributed by atoms with E-state index in [1.165, 1.54) is 6.07 Å². The topological polar surface area (TPSA) is 53.7 Å². The van der Waals surface area contributed by atoms with Gasteiger partial charge in [-0.05, 0) is 19.9 Å². The van der Waals surface area contributed by atoms with E-state index in [2.05, 4.69) is 5.92 Å². The van der Waals surface area contributed by atoms with Crippen LogP contribution in [-0.4, -0.2) is 23.7 Å². The number of furan rings is 1. The van der Waals surface area contributed by atoms with Crippen LogP contribution in [0.4, 0.5) is 5.88 Å². The highest BCUT2D eigenvalue weighted by atomic mass is 16.4. The van der Waals surface area contributed by atoms with Crippen LogP contribution in [0.15, 0.2) is 16.5 Å². The number of carboxylic acids is 1. The molecule has 4 heteroatoms. The van der Waals surface area contributed by atoms with Crippen molar-refractivity contribution in [3.05, 3.63) is 17.9 Å². The van der Waals surface area contributed by atoms with E-state index in [1.54, 1.807) is 6.07 Å². The van der Waals surface area contributed by atoms with E-state index in [0.29, 0.717) is 12.4 Å². The Hall–Kier alpha value is -1.89. The zero-order valence-electron chi connectivity index (χ0n) is 8.73. The lowest BCUT2D eigenvalue weighted by Crippen LogP contribution is -2.30. The first-order valence-corrected chi connectivity index (χ1v) is 4.59. The van der Waals surface area contributed by atoms with Gasteiger partial charge >= 0.3 is 5.97 Å². The summed E-state index contributed by atoms with van der Waals surface area (Å²) in [5.41, 5.74) is 0. The van der Waals surface area contributed by atoms with Crippen LogP contribution in [0.2, 0.25) is 0 Å². The fourth-order valence-corrected chi connectivity index (χ4v) is 1.21. The van der Waals surface area contributed by atoms with Crippen molar-refractivity contribution in [1.82, 2.24) is 0 Å². The molecule has 0 aliphatic carbocycles. The Morgan fingerprint density at radius 2 is 2.33 bits per heavy atom. The molecule has 0 radical (unpaired) electrons. The molecule has 0 unspecified atom stereocenters. The van der Waals surface area contributed by atoms with Crippen LogP contribution in [0.3, 0.4) is 0 Å². The third kappa shape index (κ3) is 2.53. The van der Waals surface area contributed by atoms with Crippen LogP contribution in [-0.2, 0) is 0 Å². The Morgan fingerprint density at radius 1 is 1.67 bits per heavy atom. The minimum Gasteiger partial charge on any atom is -0.475 e. The van der Waals surface area contributed by atoms with Crippen molar-refractivity contribution in [3.63, 3.8) is 0 Å². The van der Waals surface area contributed by atoms with Crippen molar-refractivity contribution in [1.29, 1.82) is 0 Å². The highest BCUT2D eigenvalue weighted by molar-refractivity contribution is 5.84. The first kappa shape index (κ1) is 11.2. The Morgan fingerprint density at radius 3 is 2.73 bits per heavy atom. The normalized spacial score (nSPS) is 10.0. The van der Waals surface area contributed by atoms with Crippen LogP contribution in [0.5, 0.6) is 0 Å². The molecule has 0 bridgehead atoms. The van der Waals surface area contributed by atoms with Gasteiger partial charge in [-0.15, -0.1) is 6.42 Å². The van der Waals surface area contributed by atoms with Gasteiger partial charge < -0.3 is 14.4 Å². The second-order valence-electron chi connectivity index (χ2n) is 3.37. The number of carbonyl (C=O) groups is 1. The number of rotatable bonds is 4. The van der Waals surface area contributed by atoms with Gasteiger partial charge in [-0.2, -0.15) is 0 Å². The molecule has 1 aromatic heterocycles. The second-order valence-corrected chi connectivity index (χ2v) is 3.37. The van der Waals surface area contributed by atoms with Crippen molar-refractivity contribution >= 4 is 11.9 Å². The van der Waals surface area contributed by atoms with E-state index >= 15 is 0 Å². The Kier molecular flexibility index (Phi) is 3.40. The molecule has 0 spiro atoms. The number of terminal acetylenes is 1. The lowest BCUT2D eigenvalue weighted by molar-refractivity contribution is 0.0663. The molecule has 0 atom stereocenters. The Bertz CT molecular complexity index is 387. The maximum absolute atomic E-state index is 10.6. The third-order valence-corrected chi connectivity index (χ3v) is 1.97. The zero-order valence-corrected chi connectivity index (χ0v) is 8.73. The minimum absolute atomic E-state index is 0.0762. The molecule has 4 nitrogen and oxygen atoms in total. The first-order valence-electron chi connectivity index (χ1n) is 4.59. The maximum Gasteiger partial charge on any atom is 0.371 e. The summed E-state index contributed by atoms with van der Waals surface area (Å²) >= 11 is 0. The summed E-state index contributed by atoms with van der Waals surface area (Å²) < 4.78 is 5.15. The molecule has 15 heavy (non-hydrogen) atoms. The number of hydrogen-bond acceptors (Lipinski definition) is 3. The highest BCUT2D eigenvalue weighted by Gasteiger charge is 2.15. The lowest BCUT2D eigenvalue weighted by atomic mass is 10.3. The number of aromatic carboxylic acids is 1. The largest absolute Gasteiger partial charge is 0.475 e. The molecule has 0 aliphatic rings. The fraction of sp³-hybridized carbons (Fsp3) is 0.364. The molecule has 0 saturated carbocycles. The molecule has 0 aromatic carbocycles. The summed E-state index contributed by atoms with van der Waals surface area (Å²) in [5.74, 6) is 1.84. The predicted molar refractivity (Wildman–Crippen MR) is 57.0 cm³/mol. The van der Waals surface area contributed by atoms with Crippen molar-refractivity contribution in [2.45, 2.75) is 19.9 Å². The van der Waals surface area contributed by atoms with Gasteiger partial charge in [0.15, 0.2) is 5.88 Å². The van der Waals surface area contributed by atoms with Gasteiger partial charge in [-0.3, -0.25) is 0 Å². The SMILES string of the molecule is C#CCN(c1ccc(C(=O)O)o1)C(C)C. The lowest BCUT2D eigenvalue weighted by Gasteiger charge is -2.23. The molecule has 0 fully saturated rings. The average molecular weight is 207 g/mol. The number of carboxylic acid groups (broad SMARTS) is 1. The van der Waals surface area contributed by atoms with E-state index in [1.807, 2.05) is 18.7 Å². The molecular formula is C11H13NO3. The number of nitrogens with zero attached hydrogens (tertiary/aromatic N) is 1. The molecule has 1 N–H and O–H groups in total. The number of hydrogen-bond donors (Lipinski definition) is 1. The molecule has 0 amide bonds. The molecule has 80 valence electrons. The van der Waals surface area contributed by atoms with Gasteiger partial charge in [0.05, 0.1) is 6.54 Å². The van der Waals surface area contributed by atoms with Gasteiger partial charge in [0.1, 0.15) is 0 Å². The van der Waals surface area contributed by atoms with Gasteiger partial charge in [0.25, 0.3) is 0 Å². The van der Waals surface area contributed by atoms with E-state index in [9.17, 15) is 4.79 Å². The Balaban J connectivity index is 2.92. The highest BCUT2D eigenvalue weighted by Crippen LogP contribution is 2.20. The van der Waals surface area contributed by atoms with Crippen LogP contribution < -0.4 is 4.90 Å². The van der Waals surface area contributed by atoms with E-state index in [-0.39, 0.29) is 11.8 Å². The van der Waals surface area contributed by atoms with Crippen LogP contribution >= 0.6 is 0 Å².